The van der Waals surface area contributed by atoms with E-state index in [4.69, 9.17) is 11.6 Å². The summed E-state index contributed by atoms with van der Waals surface area (Å²) in [6, 6.07) is 7.59. The number of benzene rings is 1. The van der Waals surface area contributed by atoms with Gasteiger partial charge in [-0.25, -0.2) is 0 Å². The number of likely N-dealkylation sites (N-methyl/N-ethyl adjacent to an activating group) is 1. The van der Waals surface area contributed by atoms with Crippen LogP contribution in [0.4, 0.5) is 0 Å². The van der Waals surface area contributed by atoms with Crippen LogP contribution in [0.1, 0.15) is 23.7 Å². The first-order valence-electron chi connectivity index (χ1n) is 6.06. The van der Waals surface area contributed by atoms with Crippen molar-refractivity contribution < 1.29 is 4.79 Å². The van der Waals surface area contributed by atoms with Gasteiger partial charge in [0.25, 0.3) is 0 Å². The minimum absolute atomic E-state index is 0.125. The van der Waals surface area contributed by atoms with Crippen molar-refractivity contribution in [3.8, 4) is 0 Å². The van der Waals surface area contributed by atoms with Gasteiger partial charge in [-0.3, -0.25) is 9.69 Å². The van der Waals surface area contributed by atoms with Gasteiger partial charge < -0.3 is 0 Å². The van der Waals surface area contributed by atoms with Gasteiger partial charge in [0, 0.05) is 22.4 Å². The molecule has 0 heterocycles. The zero-order valence-corrected chi connectivity index (χ0v) is 12.7. The lowest BCUT2D eigenvalue weighted by Crippen LogP contribution is -2.37. The predicted molar refractivity (Wildman–Crippen MR) is 80.9 cm³/mol. The first-order chi connectivity index (χ1) is 8.58. The van der Waals surface area contributed by atoms with E-state index in [0.29, 0.717) is 23.2 Å². The Morgan fingerprint density at radius 2 is 2.22 bits per heavy atom. The highest BCUT2D eigenvalue weighted by atomic mass is 35.5. The minimum Gasteiger partial charge on any atom is -0.295 e. The van der Waals surface area contributed by atoms with Gasteiger partial charge in [0.2, 0.25) is 0 Å². The van der Waals surface area contributed by atoms with Crippen LogP contribution < -0.4 is 0 Å². The predicted octanol–water partition coefficient (Wildman–Crippen LogP) is 3.60. The van der Waals surface area contributed by atoms with Crippen LogP contribution in [0.3, 0.4) is 0 Å². The van der Waals surface area contributed by atoms with E-state index in [9.17, 15) is 4.79 Å². The lowest BCUT2D eigenvalue weighted by molar-refractivity contribution is 0.0925. The van der Waals surface area contributed by atoms with Crippen molar-refractivity contribution in [2.75, 3.05) is 25.6 Å². The molecule has 0 radical (unpaired) electrons. The van der Waals surface area contributed by atoms with E-state index in [1.165, 1.54) is 0 Å². The van der Waals surface area contributed by atoms with Crippen LogP contribution in [-0.2, 0) is 0 Å². The number of Topliss-reactive ketones (excluding diaryl/α,β-unsaturated/α-hetero) is 1. The molecule has 2 nitrogen and oxygen atoms in total. The minimum atomic E-state index is 0.125. The molecular weight excluding hydrogens is 266 g/mol. The average Bonchev–Trinajstić information content (AvgIpc) is 2.35. The van der Waals surface area contributed by atoms with E-state index in [1.807, 2.05) is 30.9 Å². The van der Waals surface area contributed by atoms with Crippen LogP contribution in [0.5, 0.6) is 0 Å². The summed E-state index contributed by atoms with van der Waals surface area (Å²) < 4.78 is 0. The Balaban J connectivity index is 2.63. The van der Waals surface area contributed by atoms with Crippen LogP contribution in [0.25, 0.3) is 0 Å². The fraction of sp³-hybridized carbons (Fsp3) is 0.500. The number of hydrogen-bond acceptors (Lipinski definition) is 3. The number of halogens is 1. The zero-order chi connectivity index (χ0) is 13.5. The molecule has 0 aliphatic heterocycles. The van der Waals surface area contributed by atoms with Gasteiger partial charge in [-0.2, -0.15) is 11.8 Å². The lowest BCUT2D eigenvalue weighted by atomic mass is 10.1. The number of hydrogen-bond donors (Lipinski definition) is 0. The Labute approximate surface area is 119 Å². The Kier molecular flexibility index (Phi) is 6.76. The van der Waals surface area contributed by atoms with Crippen LogP contribution in [-0.4, -0.2) is 42.3 Å². The van der Waals surface area contributed by atoms with Crippen molar-refractivity contribution in [1.82, 2.24) is 4.90 Å². The normalized spacial score (nSPS) is 12.7. The molecule has 0 aliphatic carbocycles. The highest BCUT2D eigenvalue weighted by Crippen LogP contribution is 2.13. The Morgan fingerprint density at radius 3 is 2.78 bits per heavy atom. The highest BCUT2D eigenvalue weighted by molar-refractivity contribution is 7.98. The maximum Gasteiger partial charge on any atom is 0.176 e. The molecule has 18 heavy (non-hydrogen) atoms. The number of nitrogens with zero attached hydrogens (tertiary/aromatic N) is 1. The van der Waals surface area contributed by atoms with Gasteiger partial charge >= 0.3 is 0 Å². The maximum absolute atomic E-state index is 12.1. The summed E-state index contributed by atoms with van der Waals surface area (Å²) in [5, 5.41) is 0.611. The van der Waals surface area contributed by atoms with Gasteiger partial charge in [0.1, 0.15) is 0 Å². The monoisotopic (exact) mass is 285 g/mol. The highest BCUT2D eigenvalue weighted by Gasteiger charge is 2.16. The second kappa shape index (κ2) is 7.82. The summed E-state index contributed by atoms with van der Waals surface area (Å²) in [7, 11) is 2.01. The van der Waals surface area contributed by atoms with Crippen molar-refractivity contribution in [3.63, 3.8) is 0 Å². The molecule has 0 aromatic heterocycles. The van der Waals surface area contributed by atoms with Gasteiger partial charge in [-0.05, 0) is 31.9 Å². The molecule has 0 fully saturated rings. The molecule has 1 unspecified atom stereocenters. The first-order valence-corrected chi connectivity index (χ1v) is 7.83. The number of carbonyl (C=O) groups is 1. The molecule has 0 N–H and O–H groups in total. The van der Waals surface area contributed by atoms with Crippen LogP contribution in [0.2, 0.25) is 5.02 Å². The Morgan fingerprint density at radius 1 is 1.50 bits per heavy atom. The summed E-state index contributed by atoms with van der Waals surface area (Å²) >= 11 is 7.71. The largest absolute Gasteiger partial charge is 0.295 e. The fourth-order valence-electron chi connectivity index (χ4n) is 1.86. The number of rotatable bonds is 7. The van der Waals surface area contributed by atoms with Crippen molar-refractivity contribution in [2.45, 2.75) is 19.4 Å². The summed E-state index contributed by atoms with van der Waals surface area (Å²) in [5.41, 5.74) is 0.688. The topological polar surface area (TPSA) is 20.3 Å². The third-order valence-electron chi connectivity index (χ3n) is 2.99. The second-order valence-corrected chi connectivity index (χ2v) is 5.71. The molecule has 1 rings (SSSR count). The summed E-state index contributed by atoms with van der Waals surface area (Å²) in [6.45, 7) is 2.60. The second-order valence-electron chi connectivity index (χ2n) is 4.37. The summed E-state index contributed by atoms with van der Waals surface area (Å²) in [5.74, 6) is 1.18. The van der Waals surface area contributed by atoms with E-state index in [2.05, 4.69) is 18.1 Å². The third kappa shape index (κ3) is 4.63. The van der Waals surface area contributed by atoms with Gasteiger partial charge in [0.05, 0.1) is 6.54 Å². The van der Waals surface area contributed by atoms with Gasteiger partial charge in [-0.1, -0.05) is 30.7 Å². The molecule has 0 spiro atoms. The molecule has 4 heteroatoms. The van der Waals surface area contributed by atoms with Gasteiger partial charge in [-0.15, -0.1) is 0 Å². The molecular formula is C14H20ClNOS. The van der Waals surface area contributed by atoms with E-state index in [0.717, 1.165) is 12.2 Å². The van der Waals surface area contributed by atoms with Crippen molar-refractivity contribution in [3.05, 3.63) is 34.9 Å². The van der Waals surface area contributed by atoms with Crippen molar-refractivity contribution in [2.24, 2.45) is 0 Å². The number of carbonyl (C=O) groups excluding carboxylic acids is 1. The van der Waals surface area contributed by atoms with E-state index in [1.54, 1.807) is 12.1 Å². The zero-order valence-electron chi connectivity index (χ0n) is 11.1. The number of thioether (sulfide) groups is 1. The molecule has 0 bridgehead atoms. The number of ketones is 1. The molecule has 1 atom stereocenters. The smallest absolute Gasteiger partial charge is 0.176 e. The Hall–Kier alpha value is -0.510. The molecule has 0 saturated heterocycles. The van der Waals surface area contributed by atoms with Gasteiger partial charge in [0.15, 0.2) is 5.78 Å². The van der Waals surface area contributed by atoms with E-state index in [-0.39, 0.29) is 5.78 Å². The third-order valence-corrected chi connectivity index (χ3v) is 3.95. The molecule has 1 aromatic carbocycles. The van der Waals surface area contributed by atoms with Crippen molar-refractivity contribution in [1.29, 1.82) is 0 Å². The molecule has 0 aliphatic rings. The Bertz CT molecular complexity index is 397. The van der Waals surface area contributed by atoms with E-state index < -0.39 is 0 Å². The first kappa shape index (κ1) is 15.5. The molecule has 100 valence electrons. The maximum atomic E-state index is 12.1. The SMILES string of the molecule is CCC(CSC)N(C)CC(=O)c1cccc(Cl)c1. The standard InChI is InChI=1S/C14H20ClNOS/c1-4-13(10-18-3)16(2)9-14(17)11-6-5-7-12(15)8-11/h5-8,13H,4,9-10H2,1-3H3. The fourth-order valence-corrected chi connectivity index (χ4v) is 2.92. The van der Waals surface area contributed by atoms with Crippen molar-refractivity contribution >= 4 is 29.1 Å². The van der Waals surface area contributed by atoms with Crippen LogP contribution in [0.15, 0.2) is 24.3 Å². The van der Waals surface area contributed by atoms with E-state index >= 15 is 0 Å². The molecule has 1 aromatic rings. The lowest BCUT2D eigenvalue weighted by Gasteiger charge is -2.25. The van der Waals surface area contributed by atoms with Crippen LogP contribution >= 0.6 is 23.4 Å². The van der Waals surface area contributed by atoms with Crippen LogP contribution in [0, 0.1) is 0 Å². The molecule has 0 saturated carbocycles. The summed E-state index contributed by atoms with van der Waals surface area (Å²) in [6.07, 6.45) is 3.15. The summed E-state index contributed by atoms with van der Waals surface area (Å²) in [4.78, 5) is 14.2. The quantitative estimate of drug-likeness (QED) is 0.714. The molecule has 0 amide bonds. The average molecular weight is 286 g/mol.